The molecule has 0 bridgehead atoms. The van der Waals surface area contributed by atoms with E-state index in [0.29, 0.717) is 6.61 Å². The van der Waals surface area contributed by atoms with Gasteiger partial charge in [0.15, 0.2) is 0 Å². The first-order valence-corrected chi connectivity index (χ1v) is 6.91. The maximum absolute atomic E-state index is 5.52. The summed E-state index contributed by atoms with van der Waals surface area (Å²) in [7, 11) is 1.67. The van der Waals surface area contributed by atoms with Crippen molar-refractivity contribution >= 4 is 18.3 Å². The number of hydrogen-bond donors (Lipinski definition) is 2. The second kappa shape index (κ2) is 9.11. The molecule has 1 atom stereocenters. The Kier molecular flexibility index (Phi) is 7.69. The largest absolute Gasteiger partial charge is 0.497 e. The lowest BCUT2D eigenvalue weighted by Gasteiger charge is -2.13. The Labute approximate surface area is 115 Å². The summed E-state index contributed by atoms with van der Waals surface area (Å²) in [5, 5.41) is 3.54. The predicted molar refractivity (Wildman–Crippen MR) is 80.0 cm³/mol. The summed E-state index contributed by atoms with van der Waals surface area (Å²) in [6.45, 7) is 4.47. The lowest BCUT2D eigenvalue weighted by molar-refractivity contribution is 0.134. The topological polar surface area (TPSA) is 30.5 Å². The smallest absolute Gasteiger partial charge is 0.119 e. The summed E-state index contributed by atoms with van der Waals surface area (Å²) in [6.07, 6.45) is 2.29. The molecular formula is C14H23NO2S. The summed E-state index contributed by atoms with van der Waals surface area (Å²) in [5.74, 6) is 0.867. The highest BCUT2D eigenvalue weighted by molar-refractivity contribution is 7.81. The standard InChI is InChI=1S/C14H23NO2S/c1-3-4-9-17-11-14(18)10-15-12-5-7-13(16-2)8-6-12/h5-8,14-15,18H,3-4,9-11H2,1-2H3. The number of unbranched alkanes of at least 4 members (excludes halogenated alkanes) is 1. The number of nitrogens with one attached hydrogen (secondary N) is 1. The second-order valence-electron chi connectivity index (χ2n) is 4.19. The van der Waals surface area contributed by atoms with E-state index in [0.717, 1.165) is 31.0 Å². The van der Waals surface area contributed by atoms with Gasteiger partial charge in [-0.05, 0) is 30.7 Å². The molecule has 0 heterocycles. The van der Waals surface area contributed by atoms with Gasteiger partial charge in [-0.2, -0.15) is 12.6 Å². The number of hydrogen-bond acceptors (Lipinski definition) is 4. The van der Waals surface area contributed by atoms with Crippen LogP contribution >= 0.6 is 12.6 Å². The van der Waals surface area contributed by atoms with Crippen LogP contribution in [-0.2, 0) is 4.74 Å². The van der Waals surface area contributed by atoms with E-state index in [1.54, 1.807) is 7.11 Å². The molecule has 0 saturated heterocycles. The zero-order valence-corrected chi connectivity index (χ0v) is 12.1. The number of benzene rings is 1. The zero-order chi connectivity index (χ0) is 13.2. The Morgan fingerprint density at radius 2 is 2.00 bits per heavy atom. The highest BCUT2D eigenvalue weighted by atomic mass is 32.1. The maximum Gasteiger partial charge on any atom is 0.119 e. The van der Waals surface area contributed by atoms with Crippen molar-refractivity contribution in [1.82, 2.24) is 0 Å². The molecule has 0 aromatic heterocycles. The fourth-order valence-electron chi connectivity index (χ4n) is 1.47. The third kappa shape index (κ3) is 6.17. The molecule has 1 N–H and O–H groups in total. The summed E-state index contributed by atoms with van der Waals surface area (Å²) in [5.41, 5.74) is 1.07. The molecule has 1 unspecified atom stereocenters. The number of anilines is 1. The molecule has 0 saturated carbocycles. The van der Waals surface area contributed by atoms with Crippen LogP contribution < -0.4 is 10.1 Å². The maximum atomic E-state index is 5.52. The fourth-order valence-corrected chi connectivity index (χ4v) is 1.67. The normalized spacial score (nSPS) is 12.2. The van der Waals surface area contributed by atoms with E-state index in [1.165, 1.54) is 6.42 Å². The summed E-state index contributed by atoms with van der Waals surface area (Å²) in [4.78, 5) is 0. The van der Waals surface area contributed by atoms with Gasteiger partial charge in [-0.25, -0.2) is 0 Å². The molecule has 0 aliphatic carbocycles. The van der Waals surface area contributed by atoms with E-state index in [2.05, 4.69) is 24.9 Å². The van der Waals surface area contributed by atoms with Crippen molar-refractivity contribution in [3.63, 3.8) is 0 Å². The molecule has 1 aromatic carbocycles. The van der Waals surface area contributed by atoms with Crippen LogP contribution in [0.15, 0.2) is 24.3 Å². The molecule has 0 aliphatic heterocycles. The van der Waals surface area contributed by atoms with Gasteiger partial charge in [0, 0.05) is 24.1 Å². The number of thiol groups is 1. The van der Waals surface area contributed by atoms with E-state index in [-0.39, 0.29) is 5.25 Å². The minimum Gasteiger partial charge on any atom is -0.497 e. The molecule has 1 rings (SSSR count). The van der Waals surface area contributed by atoms with Crippen molar-refractivity contribution in [3.8, 4) is 5.75 Å². The van der Waals surface area contributed by atoms with Gasteiger partial charge in [0.05, 0.1) is 13.7 Å². The van der Waals surface area contributed by atoms with Crippen LogP contribution in [0.3, 0.4) is 0 Å². The minimum absolute atomic E-state index is 0.212. The van der Waals surface area contributed by atoms with Gasteiger partial charge in [-0.1, -0.05) is 13.3 Å². The molecule has 0 radical (unpaired) electrons. The second-order valence-corrected chi connectivity index (χ2v) is 4.92. The quantitative estimate of drug-likeness (QED) is 0.533. The van der Waals surface area contributed by atoms with Gasteiger partial charge in [-0.15, -0.1) is 0 Å². The Balaban J connectivity index is 2.18. The minimum atomic E-state index is 0.212. The van der Waals surface area contributed by atoms with Gasteiger partial charge in [0.2, 0.25) is 0 Å². The molecular weight excluding hydrogens is 246 g/mol. The van der Waals surface area contributed by atoms with Crippen molar-refractivity contribution in [2.75, 3.05) is 32.2 Å². The Morgan fingerprint density at radius 3 is 2.61 bits per heavy atom. The molecule has 1 aromatic rings. The van der Waals surface area contributed by atoms with Crippen LogP contribution in [0.4, 0.5) is 5.69 Å². The first-order valence-electron chi connectivity index (χ1n) is 6.40. The average Bonchev–Trinajstić information content (AvgIpc) is 2.42. The number of methoxy groups -OCH3 is 1. The van der Waals surface area contributed by atoms with Crippen molar-refractivity contribution in [2.45, 2.75) is 25.0 Å². The van der Waals surface area contributed by atoms with Gasteiger partial charge in [0.25, 0.3) is 0 Å². The highest BCUT2D eigenvalue weighted by Crippen LogP contribution is 2.15. The molecule has 3 nitrogen and oxygen atoms in total. The number of ether oxygens (including phenoxy) is 2. The van der Waals surface area contributed by atoms with Crippen LogP contribution in [-0.4, -0.2) is 32.1 Å². The third-order valence-electron chi connectivity index (χ3n) is 2.58. The van der Waals surface area contributed by atoms with Gasteiger partial charge in [0.1, 0.15) is 5.75 Å². The van der Waals surface area contributed by atoms with E-state index in [1.807, 2.05) is 24.3 Å². The molecule has 0 spiro atoms. The summed E-state index contributed by atoms with van der Waals surface area (Å²) in [6, 6.07) is 7.87. The Morgan fingerprint density at radius 1 is 1.28 bits per heavy atom. The highest BCUT2D eigenvalue weighted by Gasteiger charge is 2.03. The summed E-state index contributed by atoms with van der Waals surface area (Å²) < 4.78 is 10.6. The number of rotatable bonds is 9. The lowest BCUT2D eigenvalue weighted by Crippen LogP contribution is -2.20. The van der Waals surface area contributed by atoms with Crippen LogP contribution in [0.2, 0.25) is 0 Å². The molecule has 0 aliphatic rings. The van der Waals surface area contributed by atoms with Gasteiger partial charge in [-0.3, -0.25) is 0 Å². The SMILES string of the molecule is CCCCOCC(S)CNc1ccc(OC)cc1. The third-order valence-corrected chi connectivity index (χ3v) is 2.92. The van der Waals surface area contributed by atoms with Crippen LogP contribution in [0.25, 0.3) is 0 Å². The van der Waals surface area contributed by atoms with E-state index < -0.39 is 0 Å². The van der Waals surface area contributed by atoms with Crippen LogP contribution in [0, 0.1) is 0 Å². The molecule has 18 heavy (non-hydrogen) atoms. The zero-order valence-electron chi connectivity index (χ0n) is 11.2. The molecule has 102 valence electrons. The van der Waals surface area contributed by atoms with Crippen molar-refractivity contribution in [1.29, 1.82) is 0 Å². The van der Waals surface area contributed by atoms with Crippen molar-refractivity contribution < 1.29 is 9.47 Å². The van der Waals surface area contributed by atoms with Crippen LogP contribution in [0.1, 0.15) is 19.8 Å². The fraction of sp³-hybridized carbons (Fsp3) is 0.571. The monoisotopic (exact) mass is 269 g/mol. The van der Waals surface area contributed by atoms with E-state index in [4.69, 9.17) is 9.47 Å². The molecule has 0 fully saturated rings. The Hall–Kier alpha value is -0.870. The first-order chi connectivity index (χ1) is 8.76. The Bertz CT molecular complexity index is 316. The lowest BCUT2D eigenvalue weighted by atomic mass is 10.3. The predicted octanol–water partition coefficient (Wildman–Crippen LogP) is 3.22. The molecule has 0 amide bonds. The van der Waals surface area contributed by atoms with Gasteiger partial charge >= 0.3 is 0 Å². The average molecular weight is 269 g/mol. The van der Waals surface area contributed by atoms with Gasteiger partial charge < -0.3 is 14.8 Å². The van der Waals surface area contributed by atoms with E-state index >= 15 is 0 Å². The van der Waals surface area contributed by atoms with Crippen LogP contribution in [0.5, 0.6) is 5.75 Å². The van der Waals surface area contributed by atoms with Crippen molar-refractivity contribution in [3.05, 3.63) is 24.3 Å². The summed E-state index contributed by atoms with van der Waals surface area (Å²) >= 11 is 4.49. The van der Waals surface area contributed by atoms with Crippen molar-refractivity contribution in [2.24, 2.45) is 0 Å². The molecule has 4 heteroatoms. The first kappa shape index (κ1) is 15.2. The van der Waals surface area contributed by atoms with E-state index in [9.17, 15) is 0 Å².